The van der Waals surface area contributed by atoms with E-state index < -0.39 is 30.4 Å². The van der Waals surface area contributed by atoms with Crippen LogP contribution in [0.2, 0.25) is 0 Å². The minimum atomic E-state index is -4.66. The highest BCUT2D eigenvalue weighted by Crippen LogP contribution is 2.39. The molecule has 0 spiro atoms. The summed E-state index contributed by atoms with van der Waals surface area (Å²) in [5, 5.41) is 12.9. The molecule has 3 aromatic rings. The highest BCUT2D eigenvalue weighted by atomic mass is 79.9. The number of fused-ring (bicyclic) bond motifs is 1. The molecule has 1 aromatic carbocycles. The van der Waals surface area contributed by atoms with Crippen molar-refractivity contribution >= 4 is 44.0 Å². The average Bonchev–Trinajstić information content (AvgIpc) is 2.75. The van der Waals surface area contributed by atoms with Crippen molar-refractivity contribution in [2.45, 2.75) is 24.6 Å². The SMILES string of the molecule is Cn1c(=O)c(Nc2ccc(N3CCC(O)(C(F)(F)F)CC3)cn2)cc2c(F)c(Br)ccc21. The van der Waals surface area contributed by atoms with Crippen molar-refractivity contribution in [1.82, 2.24) is 9.55 Å². The summed E-state index contributed by atoms with van der Waals surface area (Å²) in [6.07, 6.45) is -4.04. The fourth-order valence-electron chi connectivity index (χ4n) is 3.77. The Bertz CT molecular complexity index is 1220. The zero-order valence-electron chi connectivity index (χ0n) is 16.9. The number of aromatic nitrogens is 2. The molecule has 0 aliphatic carbocycles. The van der Waals surface area contributed by atoms with Gasteiger partial charge in [-0.05, 0) is 46.3 Å². The van der Waals surface area contributed by atoms with Gasteiger partial charge in [-0.1, -0.05) is 0 Å². The Balaban J connectivity index is 1.54. The number of piperidine rings is 1. The lowest BCUT2D eigenvalue weighted by Crippen LogP contribution is -2.53. The van der Waals surface area contributed by atoms with Crippen molar-refractivity contribution in [1.29, 1.82) is 0 Å². The molecule has 0 unspecified atom stereocenters. The van der Waals surface area contributed by atoms with Gasteiger partial charge in [0.15, 0.2) is 5.60 Å². The van der Waals surface area contributed by atoms with E-state index in [1.54, 1.807) is 23.1 Å². The fourth-order valence-corrected chi connectivity index (χ4v) is 4.12. The van der Waals surface area contributed by atoms with E-state index in [4.69, 9.17) is 0 Å². The molecule has 0 atom stereocenters. The smallest absolute Gasteiger partial charge is 0.380 e. The van der Waals surface area contributed by atoms with Crippen LogP contribution in [0.5, 0.6) is 0 Å². The Morgan fingerprint density at radius 2 is 1.88 bits per heavy atom. The van der Waals surface area contributed by atoms with Crippen molar-refractivity contribution in [3.05, 3.63) is 57.2 Å². The summed E-state index contributed by atoms with van der Waals surface area (Å²) < 4.78 is 55.1. The zero-order chi connectivity index (χ0) is 23.3. The van der Waals surface area contributed by atoms with Gasteiger partial charge in [0.25, 0.3) is 5.56 Å². The molecule has 1 saturated heterocycles. The fraction of sp³-hybridized carbons (Fsp3) is 0.333. The van der Waals surface area contributed by atoms with Gasteiger partial charge in [0, 0.05) is 38.4 Å². The third-order valence-electron chi connectivity index (χ3n) is 5.79. The molecule has 1 aliphatic rings. The second-order valence-electron chi connectivity index (χ2n) is 7.76. The van der Waals surface area contributed by atoms with Gasteiger partial charge in [0.2, 0.25) is 0 Å². The molecule has 0 bridgehead atoms. The molecule has 11 heteroatoms. The number of alkyl halides is 3. The summed E-state index contributed by atoms with van der Waals surface area (Å²) in [5.41, 5.74) is -1.87. The van der Waals surface area contributed by atoms with E-state index in [9.17, 15) is 27.5 Å². The van der Waals surface area contributed by atoms with E-state index >= 15 is 0 Å². The number of halogens is 5. The molecule has 2 aromatic heterocycles. The molecule has 6 nitrogen and oxygen atoms in total. The number of rotatable bonds is 3. The van der Waals surface area contributed by atoms with Crippen molar-refractivity contribution in [3.63, 3.8) is 0 Å². The Morgan fingerprint density at radius 1 is 1.19 bits per heavy atom. The summed E-state index contributed by atoms with van der Waals surface area (Å²) in [6.45, 7) is 0.0632. The van der Waals surface area contributed by atoms with Crippen LogP contribution >= 0.6 is 15.9 Å². The highest BCUT2D eigenvalue weighted by Gasteiger charge is 2.54. The third-order valence-corrected chi connectivity index (χ3v) is 6.40. The van der Waals surface area contributed by atoms with E-state index in [-0.39, 0.29) is 34.2 Å². The summed E-state index contributed by atoms with van der Waals surface area (Å²) in [4.78, 5) is 18.6. The molecule has 0 amide bonds. The lowest BCUT2D eigenvalue weighted by atomic mass is 9.90. The lowest BCUT2D eigenvalue weighted by Gasteiger charge is -2.40. The third kappa shape index (κ3) is 3.95. The van der Waals surface area contributed by atoms with E-state index in [0.29, 0.717) is 17.0 Å². The molecule has 1 fully saturated rings. The number of hydrogen-bond acceptors (Lipinski definition) is 5. The number of aryl methyl sites for hydroxylation is 1. The molecule has 2 N–H and O–H groups in total. The Labute approximate surface area is 188 Å². The number of nitrogens with zero attached hydrogens (tertiary/aromatic N) is 3. The van der Waals surface area contributed by atoms with Crippen molar-refractivity contribution in [2.75, 3.05) is 23.3 Å². The maximum absolute atomic E-state index is 14.5. The first-order valence-corrected chi connectivity index (χ1v) is 10.5. The van der Waals surface area contributed by atoms with Crippen LogP contribution in [-0.2, 0) is 7.05 Å². The molecular weight excluding hydrogens is 496 g/mol. The Hall–Kier alpha value is -2.66. The van der Waals surface area contributed by atoms with Crippen LogP contribution in [0, 0.1) is 5.82 Å². The number of benzene rings is 1. The van der Waals surface area contributed by atoms with E-state index in [0.717, 1.165) is 0 Å². The number of anilines is 3. The predicted molar refractivity (Wildman–Crippen MR) is 117 cm³/mol. The Kier molecular flexibility index (Phi) is 5.66. The molecule has 1 aliphatic heterocycles. The summed E-state index contributed by atoms with van der Waals surface area (Å²) in [5.74, 6) is -0.169. The minimum Gasteiger partial charge on any atom is -0.380 e. The summed E-state index contributed by atoms with van der Waals surface area (Å²) in [6, 6.07) is 7.83. The number of hydrogen-bond donors (Lipinski definition) is 2. The predicted octanol–water partition coefficient (Wildman–Crippen LogP) is 4.47. The highest BCUT2D eigenvalue weighted by molar-refractivity contribution is 9.10. The van der Waals surface area contributed by atoms with Crippen LogP contribution in [0.1, 0.15) is 12.8 Å². The van der Waals surface area contributed by atoms with Crippen LogP contribution in [-0.4, -0.2) is 39.5 Å². The van der Waals surface area contributed by atoms with Crippen LogP contribution < -0.4 is 15.8 Å². The van der Waals surface area contributed by atoms with Crippen molar-refractivity contribution in [3.8, 4) is 0 Å². The van der Waals surface area contributed by atoms with Crippen LogP contribution in [0.15, 0.2) is 45.8 Å². The molecule has 0 radical (unpaired) electrons. The van der Waals surface area contributed by atoms with Crippen LogP contribution in [0.3, 0.4) is 0 Å². The molecular formula is C21H19BrF4N4O2. The first kappa shape index (κ1) is 22.5. The topological polar surface area (TPSA) is 70.4 Å². The average molecular weight is 515 g/mol. The number of aliphatic hydroxyl groups is 1. The van der Waals surface area contributed by atoms with Crippen LogP contribution in [0.4, 0.5) is 34.8 Å². The maximum Gasteiger partial charge on any atom is 0.417 e. The quantitative estimate of drug-likeness (QED) is 0.504. The molecule has 3 heterocycles. The molecule has 170 valence electrons. The molecule has 0 saturated carbocycles. The lowest BCUT2D eigenvalue weighted by molar-refractivity contribution is -0.266. The number of pyridine rings is 2. The van der Waals surface area contributed by atoms with Crippen LogP contribution in [0.25, 0.3) is 10.9 Å². The van der Waals surface area contributed by atoms with Gasteiger partial charge in [0.05, 0.1) is 21.9 Å². The minimum absolute atomic E-state index is 0.0316. The van der Waals surface area contributed by atoms with Crippen molar-refractivity contribution < 1.29 is 22.7 Å². The van der Waals surface area contributed by atoms with Crippen molar-refractivity contribution in [2.24, 2.45) is 7.05 Å². The zero-order valence-corrected chi connectivity index (χ0v) is 18.5. The van der Waals surface area contributed by atoms with Gasteiger partial charge >= 0.3 is 6.18 Å². The standard InChI is InChI=1S/C21H19BrF4N4O2/c1-29-16-4-3-14(22)18(23)13(16)10-15(19(29)31)28-17-5-2-12(11-27-17)30-8-6-20(32,7-9-30)21(24,25)26/h2-5,10-11,32H,6-9H2,1H3,(H,27,28). The van der Waals surface area contributed by atoms with Gasteiger partial charge in [-0.3, -0.25) is 4.79 Å². The second kappa shape index (κ2) is 8.04. The van der Waals surface area contributed by atoms with Gasteiger partial charge in [-0.25, -0.2) is 9.37 Å². The Morgan fingerprint density at radius 3 is 2.47 bits per heavy atom. The van der Waals surface area contributed by atoms with Gasteiger partial charge in [-0.2, -0.15) is 13.2 Å². The monoisotopic (exact) mass is 514 g/mol. The first-order valence-electron chi connectivity index (χ1n) is 9.75. The van der Waals surface area contributed by atoms with Gasteiger partial charge in [-0.15, -0.1) is 0 Å². The second-order valence-corrected chi connectivity index (χ2v) is 8.61. The first-order chi connectivity index (χ1) is 15.0. The summed E-state index contributed by atoms with van der Waals surface area (Å²) >= 11 is 3.14. The van der Waals surface area contributed by atoms with E-state index in [2.05, 4.69) is 26.2 Å². The molecule has 4 rings (SSSR count). The van der Waals surface area contributed by atoms with Gasteiger partial charge in [0.1, 0.15) is 17.3 Å². The maximum atomic E-state index is 14.5. The normalized spacial score (nSPS) is 16.4. The molecule has 32 heavy (non-hydrogen) atoms. The van der Waals surface area contributed by atoms with E-state index in [1.807, 2.05) is 0 Å². The van der Waals surface area contributed by atoms with E-state index in [1.165, 1.54) is 29.9 Å². The summed E-state index contributed by atoms with van der Waals surface area (Å²) in [7, 11) is 1.54. The van der Waals surface area contributed by atoms with Gasteiger partial charge < -0.3 is 19.9 Å². The number of nitrogens with one attached hydrogen (secondary N) is 1. The largest absolute Gasteiger partial charge is 0.417 e.